The Labute approximate surface area is 160 Å². The van der Waals surface area contributed by atoms with E-state index in [1.165, 1.54) is 4.88 Å². The molecule has 0 unspecified atom stereocenters. The molecule has 26 heavy (non-hydrogen) atoms. The largest absolute Gasteiger partial charge is 0.348 e. The summed E-state index contributed by atoms with van der Waals surface area (Å²) in [5.74, 6) is -0.120. The van der Waals surface area contributed by atoms with Gasteiger partial charge in [0.2, 0.25) is 0 Å². The van der Waals surface area contributed by atoms with Crippen LogP contribution in [0.3, 0.4) is 0 Å². The number of amides is 1. The van der Waals surface area contributed by atoms with E-state index in [9.17, 15) is 4.79 Å². The molecule has 1 amide bonds. The average Bonchev–Trinajstić information content (AvgIpc) is 3.18. The summed E-state index contributed by atoms with van der Waals surface area (Å²) in [6.07, 6.45) is 4.11. The molecule has 0 aliphatic rings. The van der Waals surface area contributed by atoms with E-state index in [1.807, 2.05) is 28.8 Å². The first kappa shape index (κ1) is 16.8. The van der Waals surface area contributed by atoms with Gasteiger partial charge in [0.1, 0.15) is 0 Å². The van der Waals surface area contributed by atoms with E-state index < -0.39 is 0 Å². The van der Waals surface area contributed by atoms with Gasteiger partial charge in [-0.2, -0.15) is 0 Å². The van der Waals surface area contributed by atoms with Gasteiger partial charge in [-0.3, -0.25) is 9.20 Å². The number of thiazole rings is 1. The molecule has 0 saturated carbocycles. The fraction of sp³-hybridized carbons (Fsp3) is 0.100. The molecular weight excluding hydrogens is 366 g/mol. The highest BCUT2D eigenvalue weighted by molar-refractivity contribution is 7.17. The van der Waals surface area contributed by atoms with Crippen molar-refractivity contribution in [2.45, 2.75) is 13.5 Å². The molecule has 0 atom stereocenters. The maximum Gasteiger partial charge on any atom is 0.251 e. The van der Waals surface area contributed by atoms with Crippen LogP contribution in [-0.2, 0) is 6.54 Å². The number of fused-ring (bicyclic) bond motifs is 1. The first-order valence-corrected chi connectivity index (χ1v) is 9.36. The zero-order valence-corrected chi connectivity index (χ0v) is 15.6. The number of nitrogens with one attached hydrogen (secondary N) is 1. The van der Waals surface area contributed by atoms with Crippen molar-refractivity contribution in [2.75, 3.05) is 0 Å². The quantitative estimate of drug-likeness (QED) is 0.543. The van der Waals surface area contributed by atoms with E-state index in [0.29, 0.717) is 17.1 Å². The van der Waals surface area contributed by atoms with Gasteiger partial charge in [0, 0.05) is 40.0 Å². The van der Waals surface area contributed by atoms with E-state index in [1.54, 1.807) is 35.6 Å². The molecule has 2 heterocycles. The molecule has 0 fully saturated rings. The SMILES string of the molecule is Cc1cn2cc(-c3cccc(CNC(=O)c4ccc(Cl)cc4)c3)nc2s1. The van der Waals surface area contributed by atoms with Crippen LogP contribution in [0.1, 0.15) is 20.8 Å². The topological polar surface area (TPSA) is 46.4 Å². The Morgan fingerprint density at radius 2 is 2.00 bits per heavy atom. The molecule has 1 N–H and O–H groups in total. The smallest absolute Gasteiger partial charge is 0.251 e. The number of halogens is 1. The second-order valence-corrected chi connectivity index (χ2v) is 7.70. The molecule has 4 nitrogen and oxygen atoms in total. The summed E-state index contributed by atoms with van der Waals surface area (Å²) >= 11 is 7.53. The molecule has 0 spiro atoms. The van der Waals surface area contributed by atoms with Crippen LogP contribution in [-0.4, -0.2) is 15.3 Å². The van der Waals surface area contributed by atoms with Crippen molar-refractivity contribution in [2.24, 2.45) is 0 Å². The molecular formula is C20H16ClN3OS. The lowest BCUT2D eigenvalue weighted by Gasteiger charge is -2.07. The van der Waals surface area contributed by atoms with Crippen LogP contribution in [0.4, 0.5) is 0 Å². The third-order valence-corrected chi connectivity index (χ3v) is 5.22. The van der Waals surface area contributed by atoms with Gasteiger partial charge in [-0.15, -0.1) is 11.3 Å². The van der Waals surface area contributed by atoms with Crippen LogP contribution >= 0.6 is 22.9 Å². The van der Waals surface area contributed by atoms with Crippen LogP contribution in [0.2, 0.25) is 5.02 Å². The van der Waals surface area contributed by atoms with Crippen LogP contribution in [0.25, 0.3) is 16.2 Å². The highest BCUT2D eigenvalue weighted by Gasteiger charge is 2.09. The molecule has 0 aliphatic carbocycles. The van der Waals surface area contributed by atoms with Gasteiger partial charge < -0.3 is 5.32 Å². The fourth-order valence-electron chi connectivity index (χ4n) is 2.78. The molecule has 6 heteroatoms. The summed E-state index contributed by atoms with van der Waals surface area (Å²) in [4.78, 5) is 19.1. The standard InChI is InChI=1S/C20H16ClN3OS/c1-13-11-24-12-18(23-20(24)26-13)16-4-2-3-14(9-16)10-22-19(25)15-5-7-17(21)8-6-15/h2-9,11-12H,10H2,1H3,(H,22,25). The predicted molar refractivity (Wildman–Crippen MR) is 106 cm³/mol. The molecule has 0 radical (unpaired) electrons. The number of aryl methyl sites for hydroxylation is 1. The number of rotatable bonds is 4. The molecule has 130 valence electrons. The highest BCUT2D eigenvalue weighted by atomic mass is 35.5. The second kappa shape index (κ2) is 6.94. The van der Waals surface area contributed by atoms with Gasteiger partial charge in [-0.1, -0.05) is 29.8 Å². The lowest BCUT2D eigenvalue weighted by atomic mass is 10.1. The molecule has 0 aliphatic heterocycles. The third kappa shape index (κ3) is 3.49. The number of carbonyl (C=O) groups excluding carboxylic acids is 1. The minimum atomic E-state index is -0.120. The third-order valence-electron chi connectivity index (χ3n) is 4.05. The predicted octanol–water partition coefficient (Wildman–Crippen LogP) is 4.95. The molecule has 4 rings (SSSR count). The monoisotopic (exact) mass is 381 g/mol. The van der Waals surface area contributed by atoms with E-state index in [-0.39, 0.29) is 5.91 Å². The molecule has 0 saturated heterocycles. The van der Waals surface area contributed by atoms with E-state index in [0.717, 1.165) is 21.8 Å². The van der Waals surface area contributed by atoms with Crippen LogP contribution < -0.4 is 5.32 Å². The number of hydrogen-bond donors (Lipinski definition) is 1. The minimum Gasteiger partial charge on any atom is -0.348 e. The van der Waals surface area contributed by atoms with Gasteiger partial charge in [-0.25, -0.2) is 4.98 Å². The van der Waals surface area contributed by atoms with Gasteiger partial charge in [0.25, 0.3) is 5.91 Å². The number of aromatic nitrogens is 2. The Morgan fingerprint density at radius 3 is 2.77 bits per heavy atom. The summed E-state index contributed by atoms with van der Waals surface area (Å²) in [5, 5.41) is 3.55. The van der Waals surface area contributed by atoms with Gasteiger partial charge in [0.15, 0.2) is 4.96 Å². The number of imidazole rings is 1. The van der Waals surface area contributed by atoms with Gasteiger partial charge in [0.05, 0.1) is 5.69 Å². The summed E-state index contributed by atoms with van der Waals surface area (Å²) in [5.41, 5.74) is 3.59. The fourth-order valence-corrected chi connectivity index (χ4v) is 3.71. The zero-order valence-electron chi connectivity index (χ0n) is 14.1. The normalized spacial score (nSPS) is 11.0. The maximum absolute atomic E-state index is 12.2. The van der Waals surface area contributed by atoms with Crippen molar-refractivity contribution in [3.05, 3.63) is 82.0 Å². The van der Waals surface area contributed by atoms with Crippen molar-refractivity contribution < 1.29 is 4.79 Å². The Morgan fingerprint density at radius 1 is 1.19 bits per heavy atom. The number of hydrogen-bond acceptors (Lipinski definition) is 3. The number of benzene rings is 2. The van der Waals surface area contributed by atoms with Crippen LogP contribution in [0, 0.1) is 6.92 Å². The maximum atomic E-state index is 12.2. The Balaban J connectivity index is 1.49. The highest BCUT2D eigenvalue weighted by Crippen LogP contribution is 2.24. The summed E-state index contributed by atoms with van der Waals surface area (Å²) in [7, 11) is 0. The summed E-state index contributed by atoms with van der Waals surface area (Å²) in [6.45, 7) is 2.53. The Bertz CT molecular complexity index is 1050. The van der Waals surface area contributed by atoms with Crippen molar-refractivity contribution in [1.82, 2.24) is 14.7 Å². The van der Waals surface area contributed by atoms with Crippen molar-refractivity contribution in [3.63, 3.8) is 0 Å². The summed E-state index contributed by atoms with van der Waals surface area (Å²) in [6, 6.07) is 14.9. The summed E-state index contributed by atoms with van der Waals surface area (Å²) < 4.78 is 2.05. The van der Waals surface area contributed by atoms with Crippen LogP contribution in [0.5, 0.6) is 0 Å². The average molecular weight is 382 g/mol. The number of nitrogens with zero attached hydrogens (tertiary/aromatic N) is 2. The molecule has 2 aromatic carbocycles. The zero-order chi connectivity index (χ0) is 18.1. The van der Waals surface area contributed by atoms with Crippen LogP contribution in [0.15, 0.2) is 60.9 Å². The first-order valence-electron chi connectivity index (χ1n) is 8.17. The second-order valence-electron chi connectivity index (χ2n) is 6.05. The molecule has 0 bridgehead atoms. The van der Waals surface area contributed by atoms with Crippen molar-refractivity contribution in [1.29, 1.82) is 0 Å². The van der Waals surface area contributed by atoms with Gasteiger partial charge >= 0.3 is 0 Å². The van der Waals surface area contributed by atoms with Crippen molar-refractivity contribution >= 4 is 33.8 Å². The minimum absolute atomic E-state index is 0.120. The van der Waals surface area contributed by atoms with E-state index >= 15 is 0 Å². The molecule has 4 aromatic rings. The first-order chi connectivity index (χ1) is 12.6. The Hall–Kier alpha value is -2.63. The van der Waals surface area contributed by atoms with E-state index in [4.69, 9.17) is 11.6 Å². The Kier molecular flexibility index (Phi) is 4.49. The number of carbonyl (C=O) groups is 1. The lowest BCUT2D eigenvalue weighted by molar-refractivity contribution is 0.0951. The molecule has 2 aromatic heterocycles. The van der Waals surface area contributed by atoms with E-state index in [2.05, 4.69) is 29.5 Å². The van der Waals surface area contributed by atoms with Gasteiger partial charge in [-0.05, 0) is 42.8 Å². The van der Waals surface area contributed by atoms with Crippen molar-refractivity contribution in [3.8, 4) is 11.3 Å². The lowest BCUT2D eigenvalue weighted by Crippen LogP contribution is -2.22.